The molecule has 1 aromatic rings. The number of benzene rings is 1. The molecule has 19 heavy (non-hydrogen) atoms. The Bertz CT molecular complexity index is 479. The van der Waals surface area contributed by atoms with Gasteiger partial charge in [-0.3, -0.25) is 9.59 Å². The van der Waals surface area contributed by atoms with Crippen molar-refractivity contribution >= 4 is 23.6 Å². The van der Waals surface area contributed by atoms with E-state index in [1.165, 1.54) is 30.0 Å². The molecule has 0 heterocycles. The molecule has 0 fully saturated rings. The molecule has 1 aromatic carbocycles. The van der Waals surface area contributed by atoms with Crippen LogP contribution in [0.5, 0.6) is 0 Å². The summed E-state index contributed by atoms with van der Waals surface area (Å²) in [5.74, 6) is -1.58. The van der Waals surface area contributed by atoms with Gasteiger partial charge in [0.15, 0.2) is 0 Å². The van der Waals surface area contributed by atoms with Crippen molar-refractivity contribution in [1.29, 1.82) is 0 Å². The molecule has 6 heteroatoms. The van der Waals surface area contributed by atoms with Crippen LogP contribution in [0, 0.1) is 5.82 Å². The summed E-state index contributed by atoms with van der Waals surface area (Å²) in [7, 11) is 0. The quantitative estimate of drug-likeness (QED) is 0.788. The van der Waals surface area contributed by atoms with Gasteiger partial charge in [0.25, 0.3) is 5.91 Å². The summed E-state index contributed by atoms with van der Waals surface area (Å²) < 4.78 is 13.3. The van der Waals surface area contributed by atoms with Gasteiger partial charge in [0, 0.05) is 22.9 Å². The van der Waals surface area contributed by atoms with Crippen molar-refractivity contribution in [3.63, 3.8) is 0 Å². The molecule has 2 N–H and O–H groups in total. The largest absolute Gasteiger partial charge is 0.481 e. The number of carbonyl (C=O) groups excluding carboxylic acids is 1. The number of carbonyl (C=O) groups is 2. The van der Waals surface area contributed by atoms with Crippen LogP contribution in [0.25, 0.3) is 0 Å². The number of hydrogen-bond donors (Lipinski definition) is 2. The summed E-state index contributed by atoms with van der Waals surface area (Å²) in [6.45, 7) is 1.74. The van der Waals surface area contributed by atoms with Gasteiger partial charge in [-0.25, -0.2) is 4.39 Å². The van der Waals surface area contributed by atoms with Crippen LogP contribution >= 0.6 is 11.8 Å². The van der Waals surface area contributed by atoms with E-state index in [-0.39, 0.29) is 24.2 Å². The zero-order valence-corrected chi connectivity index (χ0v) is 11.6. The van der Waals surface area contributed by atoms with E-state index >= 15 is 0 Å². The first kappa shape index (κ1) is 15.5. The molecule has 104 valence electrons. The van der Waals surface area contributed by atoms with Crippen molar-refractivity contribution in [2.24, 2.45) is 0 Å². The third-order valence-electron chi connectivity index (χ3n) is 2.58. The third-order valence-corrected chi connectivity index (χ3v) is 3.33. The number of halogens is 1. The number of carboxylic acid groups (broad SMARTS) is 1. The normalized spacial score (nSPS) is 11.9. The second-order valence-corrected chi connectivity index (χ2v) is 5.00. The number of thioether (sulfide) groups is 1. The molecule has 0 spiro atoms. The number of aliphatic carboxylic acids is 1. The van der Waals surface area contributed by atoms with Crippen LogP contribution in [0.2, 0.25) is 0 Å². The second kappa shape index (κ2) is 7.13. The van der Waals surface area contributed by atoms with E-state index < -0.39 is 5.97 Å². The first-order valence-electron chi connectivity index (χ1n) is 5.80. The molecule has 1 amide bonds. The molecule has 1 unspecified atom stereocenters. The Labute approximate surface area is 115 Å². The number of nitrogens with one attached hydrogen (secondary N) is 1. The minimum atomic E-state index is -0.896. The SMILES string of the molecule is CSc1cc(C(=O)NC(C)CCC(=O)O)ccc1F. The van der Waals surface area contributed by atoms with Crippen LogP contribution in [0.3, 0.4) is 0 Å². The Kier molecular flexibility index (Phi) is 5.82. The van der Waals surface area contributed by atoms with E-state index in [0.29, 0.717) is 16.9 Å². The van der Waals surface area contributed by atoms with Crippen molar-refractivity contribution in [2.45, 2.75) is 30.7 Å². The van der Waals surface area contributed by atoms with Crippen LogP contribution < -0.4 is 5.32 Å². The third kappa shape index (κ3) is 4.90. The average molecular weight is 285 g/mol. The van der Waals surface area contributed by atoms with E-state index in [9.17, 15) is 14.0 Å². The average Bonchev–Trinajstić information content (AvgIpc) is 2.36. The lowest BCUT2D eigenvalue weighted by Gasteiger charge is -2.13. The maximum Gasteiger partial charge on any atom is 0.303 e. The molecule has 0 aliphatic rings. The lowest BCUT2D eigenvalue weighted by atomic mass is 10.1. The predicted octanol–water partition coefficient (Wildman–Crippen LogP) is 2.53. The predicted molar refractivity (Wildman–Crippen MR) is 72.0 cm³/mol. The van der Waals surface area contributed by atoms with E-state index in [4.69, 9.17) is 5.11 Å². The smallest absolute Gasteiger partial charge is 0.303 e. The van der Waals surface area contributed by atoms with E-state index in [2.05, 4.69) is 5.32 Å². The highest BCUT2D eigenvalue weighted by Crippen LogP contribution is 2.20. The van der Waals surface area contributed by atoms with Gasteiger partial charge in [0.2, 0.25) is 0 Å². The van der Waals surface area contributed by atoms with Crippen molar-refractivity contribution in [3.8, 4) is 0 Å². The Morgan fingerprint density at radius 1 is 1.47 bits per heavy atom. The maximum atomic E-state index is 13.3. The zero-order valence-electron chi connectivity index (χ0n) is 10.8. The summed E-state index contributed by atoms with van der Waals surface area (Å²) >= 11 is 1.23. The standard InChI is InChI=1S/C13H16FNO3S/c1-8(3-6-12(16)17)15-13(18)9-4-5-10(14)11(7-9)19-2/h4-5,7-8H,3,6H2,1-2H3,(H,15,18)(H,16,17). The van der Waals surface area contributed by atoms with Crippen molar-refractivity contribution in [3.05, 3.63) is 29.6 Å². The fourth-order valence-electron chi connectivity index (χ4n) is 1.52. The van der Waals surface area contributed by atoms with Gasteiger partial charge in [0.1, 0.15) is 5.82 Å². The highest BCUT2D eigenvalue weighted by molar-refractivity contribution is 7.98. The molecule has 0 radical (unpaired) electrons. The summed E-state index contributed by atoms with van der Waals surface area (Å²) in [5.41, 5.74) is 0.368. The number of rotatable bonds is 6. The monoisotopic (exact) mass is 285 g/mol. The van der Waals surface area contributed by atoms with E-state index in [0.717, 1.165) is 0 Å². The second-order valence-electron chi connectivity index (χ2n) is 4.16. The molecule has 0 aliphatic carbocycles. The van der Waals surface area contributed by atoms with Crippen LogP contribution in [-0.2, 0) is 4.79 Å². The van der Waals surface area contributed by atoms with Crippen molar-refractivity contribution in [1.82, 2.24) is 5.32 Å². The van der Waals surface area contributed by atoms with Gasteiger partial charge in [-0.2, -0.15) is 0 Å². The fraction of sp³-hybridized carbons (Fsp3) is 0.385. The minimum Gasteiger partial charge on any atom is -0.481 e. The molecule has 1 atom stereocenters. The molecule has 0 saturated heterocycles. The van der Waals surface area contributed by atoms with E-state index in [1.807, 2.05) is 0 Å². The van der Waals surface area contributed by atoms with Crippen molar-refractivity contribution < 1.29 is 19.1 Å². The summed E-state index contributed by atoms with van der Waals surface area (Å²) in [6, 6.07) is 3.90. The highest BCUT2D eigenvalue weighted by Gasteiger charge is 2.12. The van der Waals surface area contributed by atoms with Crippen molar-refractivity contribution in [2.75, 3.05) is 6.26 Å². The highest BCUT2D eigenvalue weighted by atomic mass is 32.2. The summed E-state index contributed by atoms with van der Waals surface area (Å²) in [6.07, 6.45) is 2.09. The van der Waals surface area contributed by atoms with Crippen LogP contribution in [-0.4, -0.2) is 29.3 Å². The summed E-state index contributed by atoms with van der Waals surface area (Å²) in [4.78, 5) is 22.7. The van der Waals surface area contributed by atoms with Crippen LogP contribution in [0.4, 0.5) is 4.39 Å². The lowest BCUT2D eigenvalue weighted by Crippen LogP contribution is -2.32. The zero-order chi connectivity index (χ0) is 14.4. The van der Waals surface area contributed by atoms with Gasteiger partial charge >= 0.3 is 5.97 Å². The molecular formula is C13H16FNO3S. The first-order chi connectivity index (χ1) is 8.93. The number of hydrogen-bond acceptors (Lipinski definition) is 3. The van der Waals surface area contributed by atoms with Gasteiger partial charge < -0.3 is 10.4 Å². The Morgan fingerprint density at radius 3 is 2.74 bits per heavy atom. The molecular weight excluding hydrogens is 269 g/mol. The van der Waals surface area contributed by atoms with Crippen LogP contribution in [0.15, 0.2) is 23.1 Å². The fourth-order valence-corrected chi connectivity index (χ4v) is 2.03. The Balaban J connectivity index is 2.65. The number of carboxylic acids is 1. The molecule has 0 saturated carbocycles. The molecule has 1 rings (SSSR count). The Morgan fingerprint density at radius 2 is 2.16 bits per heavy atom. The van der Waals surface area contributed by atoms with Gasteiger partial charge in [-0.15, -0.1) is 11.8 Å². The van der Waals surface area contributed by atoms with Gasteiger partial charge in [-0.1, -0.05) is 0 Å². The first-order valence-corrected chi connectivity index (χ1v) is 7.02. The van der Waals surface area contributed by atoms with Gasteiger partial charge in [-0.05, 0) is 37.8 Å². The van der Waals surface area contributed by atoms with E-state index in [1.54, 1.807) is 13.2 Å². The topological polar surface area (TPSA) is 66.4 Å². The maximum absolute atomic E-state index is 13.3. The molecule has 0 bridgehead atoms. The molecule has 0 aliphatic heterocycles. The van der Waals surface area contributed by atoms with Crippen LogP contribution in [0.1, 0.15) is 30.1 Å². The molecule has 0 aromatic heterocycles. The number of amides is 1. The summed E-state index contributed by atoms with van der Waals surface area (Å²) in [5, 5.41) is 11.2. The lowest BCUT2D eigenvalue weighted by molar-refractivity contribution is -0.137. The molecule has 4 nitrogen and oxygen atoms in total. The van der Waals surface area contributed by atoms with Gasteiger partial charge in [0.05, 0.1) is 0 Å². The Hall–Kier alpha value is -1.56. The minimum absolute atomic E-state index is 0.000919.